The first-order valence-corrected chi connectivity index (χ1v) is 6.97. The second-order valence-corrected chi connectivity index (χ2v) is 5.24. The summed E-state index contributed by atoms with van der Waals surface area (Å²) in [5.41, 5.74) is 0. The molecule has 17 heavy (non-hydrogen) atoms. The molecular formula is C13H25N3O. The Morgan fingerprint density at radius 1 is 1.24 bits per heavy atom. The third-order valence-electron chi connectivity index (χ3n) is 4.02. The van der Waals surface area contributed by atoms with Gasteiger partial charge in [-0.15, -0.1) is 0 Å². The normalized spacial score (nSPS) is 27.1. The van der Waals surface area contributed by atoms with Crippen LogP contribution in [0.15, 0.2) is 0 Å². The van der Waals surface area contributed by atoms with Crippen molar-refractivity contribution in [2.75, 3.05) is 39.3 Å². The quantitative estimate of drug-likeness (QED) is 0.787. The zero-order valence-electron chi connectivity index (χ0n) is 11.0. The lowest BCUT2D eigenvalue weighted by Gasteiger charge is -2.37. The average molecular weight is 239 g/mol. The van der Waals surface area contributed by atoms with Crippen molar-refractivity contribution in [3.8, 4) is 0 Å². The Morgan fingerprint density at radius 2 is 2.00 bits per heavy atom. The van der Waals surface area contributed by atoms with E-state index in [4.69, 9.17) is 0 Å². The Hall–Kier alpha value is -0.610. The number of nitrogens with one attached hydrogen (secondary N) is 1. The fourth-order valence-corrected chi connectivity index (χ4v) is 2.98. The third kappa shape index (κ3) is 3.68. The van der Waals surface area contributed by atoms with Crippen LogP contribution in [0.4, 0.5) is 0 Å². The van der Waals surface area contributed by atoms with Crippen molar-refractivity contribution in [2.24, 2.45) is 0 Å². The van der Waals surface area contributed by atoms with Gasteiger partial charge in [0.25, 0.3) is 0 Å². The van der Waals surface area contributed by atoms with E-state index < -0.39 is 0 Å². The Morgan fingerprint density at radius 3 is 2.71 bits per heavy atom. The molecule has 2 rings (SSSR count). The maximum absolute atomic E-state index is 11.6. The molecular weight excluding hydrogens is 214 g/mol. The highest BCUT2D eigenvalue weighted by Crippen LogP contribution is 2.20. The number of likely N-dealkylation sites (tertiary alicyclic amines) is 1. The van der Waals surface area contributed by atoms with Gasteiger partial charge in [-0.25, -0.2) is 0 Å². The van der Waals surface area contributed by atoms with Gasteiger partial charge in [-0.2, -0.15) is 0 Å². The van der Waals surface area contributed by atoms with Crippen LogP contribution in [-0.4, -0.2) is 61.0 Å². The topological polar surface area (TPSA) is 35.6 Å². The van der Waals surface area contributed by atoms with Gasteiger partial charge in [0, 0.05) is 52.2 Å². The van der Waals surface area contributed by atoms with Crippen LogP contribution >= 0.6 is 0 Å². The van der Waals surface area contributed by atoms with Crippen LogP contribution in [0.3, 0.4) is 0 Å². The summed E-state index contributed by atoms with van der Waals surface area (Å²) in [6, 6.07) is 0.496. The van der Waals surface area contributed by atoms with E-state index in [0.29, 0.717) is 6.04 Å². The minimum atomic E-state index is 0.259. The van der Waals surface area contributed by atoms with Crippen molar-refractivity contribution in [1.29, 1.82) is 0 Å². The monoisotopic (exact) mass is 239 g/mol. The van der Waals surface area contributed by atoms with Gasteiger partial charge in [0.15, 0.2) is 0 Å². The molecule has 0 aromatic carbocycles. The Kier molecular flexibility index (Phi) is 4.80. The van der Waals surface area contributed by atoms with Crippen molar-refractivity contribution in [3.63, 3.8) is 0 Å². The summed E-state index contributed by atoms with van der Waals surface area (Å²) in [5, 5.41) is 3.37. The van der Waals surface area contributed by atoms with Crippen LogP contribution in [-0.2, 0) is 4.79 Å². The van der Waals surface area contributed by atoms with Gasteiger partial charge < -0.3 is 15.1 Å². The molecule has 0 saturated carbocycles. The standard InChI is InChI=1S/C13H25N3O/c1-12(17)16-8-3-2-4-13(16)5-9-15-10-6-14-7-11-15/h13-14H,2-11H2,1H3. The fourth-order valence-electron chi connectivity index (χ4n) is 2.98. The van der Waals surface area contributed by atoms with Crippen LogP contribution in [0.1, 0.15) is 32.6 Å². The van der Waals surface area contributed by atoms with Crippen LogP contribution in [0.25, 0.3) is 0 Å². The van der Waals surface area contributed by atoms with Gasteiger partial charge in [-0.1, -0.05) is 0 Å². The summed E-state index contributed by atoms with van der Waals surface area (Å²) in [6.45, 7) is 8.38. The molecule has 1 N–H and O–H groups in total. The summed E-state index contributed by atoms with van der Waals surface area (Å²) in [7, 11) is 0. The zero-order chi connectivity index (χ0) is 12.1. The molecule has 0 aromatic rings. The molecule has 2 heterocycles. The minimum Gasteiger partial charge on any atom is -0.340 e. The van der Waals surface area contributed by atoms with Crippen molar-refractivity contribution in [1.82, 2.24) is 15.1 Å². The summed E-state index contributed by atoms with van der Waals surface area (Å²) in [5.74, 6) is 0.259. The lowest BCUT2D eigenvalue weighted by Crippen LogP contribution is -2.47. The largest absolute Gasteiger partial charge is 0.340 e. The maximum Gasteiger partial charge on any atom is 0.219 e. The van der Waals surface area contributed by atoms with Crippen LogP contribution in [0.2, 0.25) is 0 Å². The van der Waals surface area contributed by atoms with E-state index in [-0.39, 0.29) is 5.91 Å². The van der Waals surface area contributed by atoms with E-state index in [1.54, 1.807) is 6.92 Å². The smallest absolute Gasteiger partial charge is 0.219 e. The highest BCUT2D eigenvalue weighted by Gasteiger charge is 2.24. The Bertz CT molecular complexity index is 251. The molecule has 1 unspecified atom stereocenters. The van der Waals surface area contributed by atoms with Gasteiger partial charge in [0.2, 0.25) is 5.91 Å². The highest BCUT2D eigenvalue weighted by atomic mass is 16.2. The summed E-state index contributed by atoms with van der Waals surface area (Å²) in [4.78, 5) is 16.2. The number of rotatable bonds is 3. The van der Waals surface area contributed by atoms with E-state index in [1.807, 2.05) is 0 Å². The Balaban J connectivity index is 1.77. The summed E-state index contributed by atoms with van der Waals surface area (Å²) in [6.07, 6.45) is 4.82. The number of amides is 1. The molecule has 1 amide bonds. The SMILES string of the molecule is CC(=O)N1CCCCC1CCN1CCNCC1. The molecule has 0 aliphatic carbocycles. The molecule has 4 nitrogen and oxygen atoms in total. The van der Waals surface area contributed by atoms with Gasteiger partial charge in [0.1, 0.15) is 0 Å². The molecule has 2 aliphatic rings. The van der Waals surface area contributed by atoms with Crippen molar-refractivity contribution >= 4 is 5.91 Å². The number of nitrogens with zero attached hydrogens (tertiary/aromatic N) is 2. The van der Waals surface area contributed by atoms with E-state index >= 15 is 0 Å². The molecule has 0 spiro atoms. The van der Waals surface area contributed by atoms with Crippen LogP contribution in [0.5, 0.6) is 0 Å². The predicted molar refractivity (Wildman–Crippen MR) is 69.0 cm³/mol. The van der Waals surface area contributed by atoms with Crippen molar-refractivity contribution < 1.29 is 4.79 Å². The molecule has 2 aliphatic heterocycles. The third-order valence-corrected chi connectivity index (χ3v) is 4.02. The second-order valence-electron chi connectivity index (χ2n) is 5.24. The fraction of sp³-hybridized carbons (Fsp3) is 0.923. The number of carbonyl (C=O) groups is 1. The van der Waals surface area contributed by atoms with Gasteiger partial charge in [-0.05, 0) is 25.7 Å². The van der Waals surface area contributed by atoms with Gasteiger partial charge in [-0.3, -0.25) is 4.79 Å². The second kappa shape index (κ2) is 6.36. The minimum absolute atomic E-state index is 0.259. The number of piperidine rings is 1. The maximum atomic E-state index is 11.6. The predicted octanol–water partition coefficient (Wildman–Crippen LogP) is 0.683. The molecule has 0 bridgehead atoms. The van der Waals surface area contributed by atoms with E-state index in [2.05, 4.69) is 15.1 Å². The highest BCUT2D eigenvalue weighted by molar-refractivity contribution is 5.73. The summed E-state index contributed by atoms with van der Waals surface area (Å²) < 4.78 is 0. The van der Waals surface area contributed by atoms with Gasteiger partial charge in [0.05, 0.1) is 0 Å². The molecule has 1 atom stereocenters. The zero-order valence-corrected chi connectivity index (χ0v) is 11.0. The lowest BCUT2D eigenvalue weighted by molar-refractivity contribution is -0.132. The molecule has 4 heteroatoms. The first kappa shape index (κ1) is 12.8. The van der Waals surface area contributed by atoms with E-state index in [0.717, 1.165) is 45.7 Å². The lowest BCUT2D eigenvalue weighted by atomic mass is 9.99. The Labute approximate surface area is 104 Å². The number of hydrogen-bond donors (Lipinski definition) is 1. The van der Waals surface area contributed by atoms with Crippen molar-refractivity contribution in [3.05, 3.63) is 0 Å². The van der Waals surface area contributed by atoms with Crippen molar-refractivity contribution in [2.45, 2.75) is 38.6 Å². The first-order valence-electron chi connectivity index (χ1n) is 6.97. The van der Waals surface area contributed by atoms with E-state index in [1.165, 1.54) is 19.3 Å². The molecule has 2 saturated heterocycles. The average Bonchev–Trinajstić information content (AvgIpc) is 2.38. The summed E-state index contributed by atoms with van der Waals surface area (Å²) >= 11 is 0. The van der Waals surface area contributed by atoms with Crippen LogP contribution < -0.4 is 5.32 Å². The molecule has 0 radical (unpaired) electrons. The number of carbonyl (C=O) groups excluding carboxylic acids is 1. The van der Waals surface area contributed by atoms with E-state index in [9.17, 15) is 4.79 Å². The molecule has 2 fully saturated rings. The van der Waals surface area contributed by atoms with Crippen LogP contribution in [0, 0.1) is 0 Å². The van der Waals surface area contributed by atoms with Gasteiger partial charge >= 0.3 is 0 Å². The molecule has 0 aromatic heterocycles. The number of piperazine rings is 1. The first-order chi connectivity index (χ1) is 8.27. The molecule has 98 valence electrons. The number of hydrogen-bond acceptors (Lipinski definition) is 3.